The Kier molecular flexibility index (Phi) is 3.78. The summed E-state index contributed by atoms with van der Waals surface area (Å²) >= 11 is 1.73. The predicted octanol–water partition coefficient (Wildman–Crippen LogP) is 2.87. The standard InChI is InChI=1S/C16H21NO3S/c1-9-5-6-21-14(9)12-7-13(12)15(18)17(11-3-4-11)8-10(2)16(19)20/h5-6,10-13H,3-4,7-8H2,1-2H3,(H,19,20). The van der Waals surface area contributed by atoms with Gasteiger partial charge in [0.15, 0.2) is 0 Å². The summed E-state index contributed by atoms with van der Waals surface area (Å²) in [5, 5.41) is 11.2. The first-order valence-electron chi connectivity index (χ1n) is 7.56. The molecule has 2 saturated carbocycles. The lowest BCUT2D eigenvalue weighted by molar-refractivity contribution is -0.143. The molecule has 114 valence electrons. The van der Waals surface area contributed by atoms with Gasteiger partial charge in [-0.2, -0.15) is 0 Å². The van der Waals surface area contributed by atoms with Gasteiger partial charge in [0.2, 0.25) is 5.91 Å². The van der Waals surface area contributed by atoms with E-state index in [4.69, 9.17) is 5.11 Å². The van der Waals surface area contributed by atoms with Crippen LogP contribution in [0.25, 0.3) is 0 Å². The topological polar surface area (TPSA) is 57.6 Å². The fourth-order valence-corrected chi connectivity index (χ4v) is 4.02. The van der Waals surface area contributed by atoms with Crippen LogP contribution in [-0.2, 0) is 9.59 Å². The smallest absolute Gasteiger partial charge is 0.308 e. The molecule has 2 aliphatic rings. The highest BCUT2D eigenvalue weighted by Gasteiger charge is 2.49. The Morgan fingerprint density at radius 2 is 2.19 bits per heavy atom. The quantitative estimate of drug-likeness (QED) is 0.879. The molecule has 0 bridgehead atoms. The molecule has 0 spiro atoms. The molecule has 1 heterocycles. The van der Waals surface area contributed by atoms with Crippen LogP contribution in [0.3, 0.4) is 0 Å². The maximum atomic E-state index is 12.7. The Morgan fingerprint density at radius 3 is 2.71 bits per heavy atom. The van der Waals surface area contributed by atoms with Crippen molar-refractivity contribution < 1.29 is 14.7 Å². The third-order valence-corrected chi connectivity index (χ3v) is 5.66. The van der Waals surface area contributed by atoms with E-state index in [1.165, 1.54) is 10.4 Å². The summed E-state index contributed by atoms with van der Waals surface area (Å²) in [5.74, 6) is -0.712. The molecular formula is C16H21NO3S. The Bertz CT molecular complexity index is 564. The van der Waals surface area contributed by atoms with Crippen LogP contribution in [0.2, 0.25) is 0 Å². The molecule has 3 unspecified atom stereocenters. The van der Waals surface area contributed by atoms with Gasteiger partial charge in [0.25, 0.3) is 0 Å². The lowest BCUT2D eigenvalue weighted by Crippen LogP contribution is -2.39. The van der Waals surface area contributed by atoms with Crippen molar-refractivity contribution in [2.24, 2.45) is 11.8 Å². The summed E-state index contributed by atoms with van der Waals surface area (Å²) in [6.45, 7) is 4.13. The normalized spacial score (nSPS) is 25.4. The molecule has 1 aromatic rings. The number of carboxylic acid groups (broad SMARTS) is 1. The maximum absolute atomic E-state index is 12.7. The molecule has 0 aromatic carbocycles. The van der Waals surface area contributed by atoms with Crippen molar-refractivity contribution in [3.63, 3.8) is 0 Å². The lowest BCUT2D eigenvalue weighted by atomic mass is 10.1. The second kappa shape index (κ2) is 5.44. The number of thiophene rings is 1. The zero-order valence-electron chi connectivity index (χ0n) is 12.4. The number of amides is 1. The minimum atomic E-state index is -0.824. The third kappa shape index (κ3) is 2.98. The van der Waals surface area contributed by atoms with E-state index in [2.05, 4.69) is 18.4 Å². The number of nitrogens with zero attached hydrogens (tertiary/aromatic N) is 1. The number of carboxylic acids is 1. The van der Waals surface area contributed by atoms with Gasteiger partial charge in [0.05, 0.1) is 5.92 Å². The average molecular weight is 307 g/mol. The first-order chi connectivity index (χ1) is 9.99. The maximum Gasteiger partial charge on any atom is 0.308 e. The molecular weight excluding hydrogens is 286 g/mol. The Balaban J connectivity index is 1.66. The van der Waals surface area contributed by atoms with E-state index in [-0.39, 0.29) is 17.9 Å². The van der Waals surface area contributed by atoms with Gasteiger partial charge in [-0.3, -0.25) is 9.59 Å². The second-order valence-electron chi connectivity index (χ2n) is 6.38. The average Bonchev–Trinajstić information content (AvgIpc) is 3.34. The van der Waals surface area contributed by atoms with E-state index in [1.807, 2.05) is 4.90 Å². The molecule has 1 amide bonds. The van der Waals surface area contributed by atoms with E-state index in [0.717, 1.165) is 19.3 Å². The monoisotopic (exact) mass is 307 g/mol. The molecule has 0 radical (unpaired) electrons. The van der Waals surface area contributed by atoms with Crippen molar-refractivity contribution in [2.45, 2.75) is 45.1 Å². The minimum Gasteiger partial charge on any atom is -0.481 e. The van der Waals surface area contributed by atoms with Crippen LogP contribution >= 0.6 is 11.3 Å². The predicted molar refractivity (Wildman–Crippen MR) is 81.4 cm³/mol. The van der Waals surface area contributed by atoms with Gasteiger partial charge >= 0.3 is 5.97 Å². The molecule has 2 aliphatic carbocycles. The first kappa shape index (κ1) is 14.6. The molecule has 0 saturated heterocycles. The molecule has 2 fully saturated rings. The van der Waals surface area contributed by atoms with Crippen molar-refractivity contribution in [3.05, 3.63) is 21.9 Å². The summed E-state index contributed by atoms with van der Waals surface area (Å²) in [6, 6.07) is 2.38. The SMILES string of the molecule is Cc1ccsc1C1CC1C(=O)N(CC(C)C(=O)O)C1CC1. The third-order valence-electron chi connectivity index (χ3n) is 4.51. The van der Waals surface area contributed by atoms with Crippen molar-refractivity contribution in [3.8, 4) is 0 Å². The number of carbonyl (C=O) groups is 2. The highest BCUT2D eigenvalue weighted by atomic mass is 32.1. The molecule has 3 rings (SSSR count). The van der Waals surface area contributed by atoms with Crippen LogP contribution in [0.5, 0.6) is 0 Å². The van der Waals surface area contributed by atoms with Gasteiger partial charge in [-0.15, -0.1) is 11.3 Å². The minimum absolute atomic E-state index is 0.0731. The summed E-state index contributed by atoms with van der Waals surface area (Å²) in [6.07, 6.45) is 2.96. The van der Waals surface area contributed by atoms with Crippen molar-refractivity contribution in [2.75, 3.05) is 6.54 Å². The van der Waals surface area contributed by atoms with E-state index in [1.54, 1.807) is 18.3 Å². The zero-order chi connectivity index (χ0) is 15.1. The van der Waals surface area contributed by atoms with Crippen LogP contribution in [0.15, 0.2) is 11.4 Å². The highest BCUT2D eigenvalue weighted by molar-refractivity contribution is 7.10. The number of rotatable bonds is 6. The van der Waals surface area contributed by atoms with Gasteiger partial charge in [-0.05, 0) is 43.2 Å². The first-order valence-corrected chi connectivity index (χ1v) is 8.44. The second-order valence-corrected chi connectivity index (χ2v) is 7.33. The number of aliphatic carboxylic acids is 1. The number of carbonyl (C=O) groups excluding carboxylic acids is 1. The number of hydrogen-bond donors (Lipinski definition) is 1. The molecule has 1 aromatic heterocycles. The van der Waals surface area contributed by atoms with E-state index >= 15 is 0 Å². The summed E-state index contributed by atoms with van der Waals surface area (Å²) in [5.41, 5.74) is 1.28. The fraction of sp³-hybridized carbons (Fsp3) is 0.625. The van der Waals surface area contributed by atoms with E-state index in [9.17, 15) is 9.59 Å². The number of hydrogen-bond acceptors (Lipinski definition) is 3. The van der Waals surface area contributed by atoms with Crippen molar-refractivity contribution in [1.82, 2.24) is 4.90 Å². The van der Waals surface area contributed by atoms with Gasteiger partial charge in [-0.1, -0.05) is 6.92 Å². The van der Waals surface area contributed by atoms with Gasteiger partial charge in [0.1, 0.15) is 0 Å². The molecule has 4 nitrogen and oxygen atoms in total. The van der Waals surface area contributed by atoms with Crippen LogP contribution in [0.1, 0.15) is 42.5 Å². The van der Waals surface area contributed by atoms with E-state index in [0.29, 0.717) is 12.5 Å². The summed E-state index contributed by atoms with van der Waals surface area (Å²) < 4.78 is 0. The van der Waals surface area contributed by atoms with Gasteiger partial charge in [0, 0.05) is 29.3 Å². The van der Waals surface area contributed by atoms with Crippen LogP contribution in [0.4, 0.5) is 0 Å². The summed E-state index contributed by atoms with van der Waals surface area (Å²) in [7, 11) is 0. The van der Waals surface area contributed by atoms with Gasteiger partial charge in [-0.25, -0.2) is 0 Å². The van der Waals surface area contributed by atoms with Crippen LogP contribution in [0, 0.1) is 18.8 Å². The molecule has 5 heteroatoms. The molecule has 0 aliphatic heterocycles. The van der Waals surface area contributed by atoms with Crippen LogP contribution in [-0.4, -0.2) is 34.5 Å². The fourth-order valence-electron chi connectivity index (χ4n) is 2.91. The number of aryl methyl sites for hydroxylation is 1. The molecule has 3 atom stereocenters. The van der Waals surface area contributed by atoms with Crippen LogP contribution < -0.4 is 0 Å². The Labute approximate surface area is 128 Å². The largest absolute Gasteiger partial charge is 0.481 e. The summed E-state index contributed by atoms with van der Waals surface area (Å²) in [4.78, 5) is 26.9. The van der Waals surface area contributed by atoms with Crippen molar-refractivity contribution >= 4 is 23.2 Å². The molecule has 1 N–H and O–H groups in total. The van der Waals surface area contributed by atoms with Crippen molar-refractivity contribution in [1.29, 1.82) is 0 Å². The lowest BCUT2D eigenvalue weighted by Gasteiger charge is -2.24. The Morgan fingerprint density at radius 1 is 1.48 bits per heavy atom. The molecule has 21 heavy (non-hydrogen) atoms. The highest BCUT2D eigenvalue weighted by Crippen LogP contribution is 2.52. The zero-order valence-corrected chi connectivity index (χ0v) is 13.2. The Hall–Kier alpha value is -1.36. The van der Waals surface area contributed by atoms with Gasteiger partial charge < -0.3 is 10.0 Å². The van der Waals surface area contributed by atoms with E-state index < -0.39 is 11.9 Å².